The zero-order valence-electron chi connectivity index (χ0n) is 9.96. The second-order valence-electron chi connectivity index (χ2n) is 4.35. The molecular weight excluding hydrogens is 261 g/mol. The molecule has 1 fully saturated rings. The molecule has 0 radical (unpaired) electrons. The molecule has 1 aliphatic heterocycles. The van der Waals surface area contributed by atoms with Crippen LogP contribution in [0.15, 0.2) is 18.2 Å². The van der Waals surface area contributed by atoms with Gasteiger partial charge >= 0.3 is 6.18 Å². The minimum Gasteiger partial charge on any atom is -0.398 e. The van der Waals surface area contributed by atoms with Crippen LogP contribution in [0.3, 0.4) is 0 Å². The van der Waals surface area contributed by atoms with Crippen molar-refractivity contribution in [3.05, 3.63) is 23.8 Å². The predicted molar refractivity (Wildman–Crippen MR) is 63.4 cm³/mol. The normalized spacial score (nSPS) is 19.4. The Labute approximate surface area is 107 Å². The molecule has 1 aliphatic rings. The zero-order valence-corrected chi connectivity index (χ0v) is 9.96. The van der Waals surface area contributed by atoms with Crippen molar-refractivity contribution in [2.24, 2.45) is 5.92 Å². The van der Waals surface area contributed by atoms with Crippen molar-refractivity contribution >= 4 is 17.3 Å². The first kappa shape index (κ1) is 13.7. The number of ether oxygens (including phenoxy) is 1. The third-order valence-corrected chi connectivity index (χ3v) is 2.93. The topological polar surface area (TPSA) is 64.3 Å². The van der Waals surface area contributed by atoms with Gasteiger partial charge in [-0.25, -0.2) is 0 Å². The molecule has 3 N–H and O–H groups in total. The van der Waals surface area contributed by atoms with Gasteiger partial charge in [0.1, 0.15) is 0 Å². The average molecular weight is 274 g/mol. The summed E-state index contributed by atoms with van der Waals surface area (Å²) in [5.74, 6) is -0.651. The molecule has 0 saturated carbocycles. The second kappa shape index (κ2) is 5.08. The van der Waals surface area contributed by atoms with Crippen LogP contribution in [0.1, 0.15) is 12.0 Å². The minimum absolute atomic E-state index is 0.0819. The Morgan fingerprint density at radius 2 is 2.16 bits per heavy atom. The van der Waals surface area contributed by atoms with Crippen LogP contribution in [0.2, 0.25) is 0 Å². The largest absolute Gasteiger partial charge is 0.418 e. The van der Waals surface area contributed by atoms with Crippen molar-refractivity contribution in [2.75, 3.05) is 24.3 Å². The number of amides is 1. The van der Waals surface area contributed by atoms with Crippen LogP contribution in [-0.2, 0) is 15.7 Å². The Kier molecular flexibility index (Phi) is 3.66. The summed E-state index contributed by atoms with van der Waals surface area (Å²) in [6.07, 6.45) is -3.96. The quantitative estimate of drug-likeness (QED) is 0.813. The van der Waals surface area contributed by atoms with E-state index in [9.17, 15) is 18.0 Å². The van der Waals surface area contributed by atoms with E-state index in [1.807, 2.05) is 0 Å². The second-order valence-corrected chi connectivity index (χ2v) is 4.35. The van der Waals surface area contributed by atoms with Crippen molar-refractivity contribution in [2.45, 2.75) is 12.6 Å². The third-order valence-electron chi connectivity index (χ3n) is 2.93. The summed E-state index contributed by atoms with van der Waals surface area (Å²) in [5, 5.41) is 2.45. The lowest BCUT2D eigenvalue weighted by molar-refractivity contribution is -0.137. The summed E-state index contributed by atoms with van der Waals surface area (Å²) in [6.45, 7) is 0.792. The summed E-state index contributed by atoms with van der Waals surface area (Å²) >= 11 is 0. The van der Waals surface area contributed by atoms with E-state index >= 15 is 0 Å². The number of benzene rings is 1. The van der Waals surface area contributed by atoms with Crippen molar-refractivity contribution in [1.82, 2.24) is 0 Å². The summed E-state index contributed by atoms with van der Waals surface area (Å²) in [6, 6.07) is 3.31. The highest BCUT2D eigenvalue weighted by atomic mass is 19.4. The van der Waals surface area contributed by atoms with Crippen LogP contribution in [0.25, 0.3) is 0 Å². The number of alkyl halides is 3. The fourth-order valence-corrected chi connectivity index (χ4v) is 1.87. The molecule has 0 spiro atoms. The van der Waals surface area contributed by atoms with E-state index < -0.39 is 11.7 Å². The molecule has 104 valence electrons. The van der Waals surface area contributed by atoms with Gasteiger partial charge in [-0.2, -0.15) is 13.2 Å². The Morgan fingerprint density at radius 3 is 2.74 bits per heavy atom. The standard InChI is InChI=1S/C12H13F3N2O2/c13-12(14,15)9-5-8(1-2-10(9)16)17-11(18)7-3-4-19-6-7/h1-2,5,7H,3-4,6,16H2,(H,17,18). The molecule has 1 saturated heterocycles. The smallest absolute Gasteiger partial charge is 0.398 e. The van der Waals surface area contributed by atoms with Crippen LogP contribution in [0, 0.1) is 5.92 Å². The number of halogens is 3. The van der Waals surface area contributed by atoms with Crippen LogP contribution in [-0.4, -0.2) is 19.1 Å². The molecule has 4 nitrogen and oxygen atoms in total. The van der Waals surface area contributed by atoms with Crippen molar-refractivity contribution in [3.8, 4) is 0 Å². The average Bonchev–Trinajstić information content (AvgIpc) is 2.83. The van der Waals surface area contributed by atoms with Crippen LogP contribution < -0.4 is 11.1 Å². The van der Waals surface area contributed by atoms with Crippen LogP contribution in [0.4, 0.5) is 24.5 Å². The Hall–Kier alpha value is -1.76. The number of hydrogen-bond acceptors (Lipinski definition) is 3. The van der Waals surface area contributed by atoms with Gasteiger partial charge in [0.15, 0.2) is 0 Å². The first-order valence-electron chi connectivity index (χ1n) is 5.73. The summed E-state index contributed by atoms with van der Waals surface area (Å²) in [7, 11) is 0. The van der Waals surface area contributed by atoms with Gasteiger partial charge in [-0.15, -0.1) is 0 Å². The SMILES string of the molecule is Nc1ccc(NC(=O)C2CCOC2)cc1C(F)(F)F. The maximum Gasteiger partial charge on any atom is 0.418 e. The molecule has 1 unspecified atom stereocenters. The number of carbonyl (C=O) groups is 1. The van der Waals surface area contributed by atoms with E-state index in [1.165, 1.54) is 6.07 Å². The predicted octanol–water partition coefficient (Wildman–Crippen LogP) is 2.26. The number of carbonyl (C=O) groups excluding carboxylic acids is 1. The van der Waals surface area contributed by atoms with Gasteiger partial charge in [-0.3, -0.25) is 4.79 Å². The summed E-state index contributed by atoms with van der Waals surface area (Å²) < 4.78 is 43.0. The first-order chi connectivity index (χ1) is 8.88. The molecule has 1 amide bonds. The van der Waals surface area contributed by atoms with E-state index in [1.54, 1.807) is 0 Å². The highest BCUT2D eigenvalue weighted by Gasteiger charge is 2.33. The van der Waals surface area contributed by atoms with E-state index in [0.29, 0.717) is 19.6 Å². The van der Waals surface area contributed by atoms with E-state index in [4.69, 9.17) is 10.5 Å². The van der Waals surface area contributed by atoms with Crippen molar-refractivity contribution in [3.63, 3.8) is 0 Å². The zero-order chi connectivity index (χ0) is 14.0. The highest BCUT2D eigenvalue weighted by Crippen LogP contribution is 2.35. The van der Waals surface area contributed by atoms with Crippen LogP contribution in [0.5, 0.6) is 0 Å². The van der Waals surface area contributed by atoms with Gasteiger partial charge < -0.3 is 15.8 Å². The van der Waals surface area contributed by atoms with Gasteiger partial charge in [-0.1, -0.05) is 0 Å². The number of nitrogen functional groups attached to an aromatic ring is 1. The first-order valence-corrected chi connectivity index (χ1v) is 5.73. The summed E-state index contributed by atoms with van der Waals surface area (Å²) in [4.78, 5) is 11.8. The molecule has 19 heavy (non-hydrogen) atoms. The van der Waals surface area contributed by atoms with Gasteiger partial charge in [-0.05, 0) is 24.6 Å². The van der Waals surface area contributed by atoms with Gasteiger partial charge in [0.25, 0.3) is 0 Å². The van der Waals surface area contributed by atoms with Gasteiger partial charge in [0.05, 0.1) is 18.1 Å². The number of hydrogen-bond donors (Lipinski definition) is 2. The van der Waals surface area contributed by atoms with E-state index in [-0.39, 0.29) is 23.2 Å². The van der Waals surface area contributed by atoms with E-state index in [0.717, 1.165) is 12.1 Å². The lowest BCUT2D eigenvalue weighted by Gasteiger charge is -2.13. The Bertz CT molecular complexity index is 482. The number of rotatable bonds is 2. The van der Waals surface area contributed by atoms with E-state index in [2.05, 4.69) is 5.32 Å². The molecule has 1 aromatic carbocycles. The fourth-order valence-electron chi connectivity index (χ4n) is 1.87. The summed E-state index contributed by atoms with van der Waals surface area (Å²) in [5.41, 5.74) is 4.04. The lowest BCUT2D eigenvalue weighted by atomic mass is 10.1. The number of nitrogens with one attached hydrogen (secondary N) is 1. The number of anilines is 2. The molecule has 0 aromatic heterocycles. The van der Waals surface area contributed by atoms with Crippen LogP contribution >= 0.6 is 0 Å². The maximum absolute atomic E-state index is 12.7. The molecular formula is C12H13F3N2O2. The third kappa shape index (κ3) is 3.17. The highest BCUT2D eigenvalue weighted by molar-refractivity contribution is 5.93. The molecule has 7 heteroatoms. The minimum atomic E-state index is -4.54. The van der Waals surface area contributed by atoms with Crippen molar-refractivity contribution < 1.29 is 22.7 Å². The van der Waals surface area contributed by atoms with Gasteiger partial charge in [0, 0.05) is 18.0 Å². The van der Waals surface area contributed by atoms with Gasteiger partial charge in [0.2, 0.25) is 5.91 Å². The number of nitrogens with two attached hydrogens (primary N) is 1. The lowest BCUT2D eigenvalue weighted by Crippen LogP contribution is -2.23. The molecule has 0 bridgehead atoms. The molecule has 2 rings (SSSR count). The monoisotopic (exact) mass is 274 g/mol. The molecule has 1 atom stereocenters. The molecule has 1 aromatic rings. The van der Waals surface area contributed by atoms with Crippen molar-refractivity contribution in [1.29, 1.82) is 0 Å². The Morgan fingerprint density at radius 1 is 1.42 bits per heavy atom. The molecule has 0 aliphatic carbocycles. The fraction of sp³-hybridized carbons (Fsp3) is 0.417. The molecule has 1 heterocycles. The Balaban J connectivity index is 2.15. The maximum atomic E-state index is 12.7.